The van der Waals surface area contributed by atoms with Gasteiger partial charge in [0.2, 0.25) is 17.7 Å². The number of likely N-dealkylation sites (N-methyl/N-ethyl adjacent to an activating group) is 1. The van der Waals surface area contributed by atoms with Gasteiger partial charge in [0, 0.05) is 33.0 Å². The average Bonchev–Trinajstić information content (AvgIpc) is 3.30. The molecule has 3 amide bonds. The molecular weight excluding hydrogens is 520 g/mol. The second-order valence-corrected chi connectivity index (χ2v) is 11.5. The number of fused-ring (bicyclic) bond motifs is 1. The molecule has 0 saturated heterocycles. The van der Waals surface area contributed by atoms with Crippen molar-refractivity contribution in [1.82, 2.24) is 29.9 Å². The van der Waals surface area contributed by atoms with Crippen molar-refractivity contribution in [3.8, 4) is 5.75 Å². The lowest BCUT2D eigenvalue weighted by Gasteiger charge is -2.29. The number of aryl methyl sites for hydroxylation is 3. The van der Waals surface area contributed by atoms with E-state index in [0.29, 0.717) is 63.1 Å². The van der Waals surface area contributed by atoms with E-state index in [2.05, 4.69) is 41.4 Å². The van der Waals surface area contributed by atoms with Gasteiger partial charge in [-0.15, -0.1) is 0 Å². The van der Waals surface area contributed by atoms with Gasteiger partial charge in [0.1, 0.15) is 23.4 Å². The number of nitrogens with zero attached hydrogens (tertiary/aromatic N) is 5. The number of hydrogen-bond donors (Lipinski definition) is 1. The molecule has 0 aliphatic carbocycles. The molecule has 0 spiro atoms. The number of benzene rings is 1. The minimum Gasteiger partial charge on any atom is -0.494 e. The van der Waals surface area contributed by atoms with Gasteiger partial charge in [-0.2, -0.15) is 5.10 Å². The third-order valence-corrected chi connectivity index (χ3v) is 7.64. The molecule has 1 aromatic heterocycles. The van der Waals surface area contributed by atoms with Crippen LogP contribution in [-0.4, -0.2) is 75.1 Å². The molecular formula is C31H48N6O4. The highest BCUT2D eigenvalue weighted by Crippen LogP contribution is 2.22. The summed E-state index contributed by atoms with van der Waals surface area (Å²) in [6.45, 7) is 13.8. The van der Waals surface area contributed by atoms with Gasteiger partial charge in [-0.25, -0.2) is 9.67 Å². The number of nitrogens with one attached hydrogen (secondary N) is 1. The summed E-state index contributed by atoms with van der Waals surface area (Å²) < 4.78 is 7.47. The molecule has 226 valence electrons. The summed E-state index contributed by atoms with van der Waals surface area (Å²) in [7, 11) is 1.66. The third-order valence-electron chi connectivity index (χ3n) is 7.64. The van der Waals surface area contributed by atoms with E-state index in [9.17, 15) is 14.4 Å². The smallest absolute Gasteiger partial charge is 0.243 e. The van der Waals surface area contributed by atoms with E-state index in [1.165, 1.54) is 10.5 Å². The van der Waals surface area contributed by atoms with Gasteiger partial charge in [0.15, 0.2) is 0 Å². The lowest BCUT2D eigenvalue weighted by molar-refractivity contribution is -0.139. The van der Waals surface area contributed by atoms with E-state index < -0.39 is 6.04 Å². The maximum Gasteiger partial charge on any atom is 0.243 e. The maximum absolute atomic E-state index is 13.4. The zero-order valence-electron chi connectivity index (χ0n) is 25.9. The third kappa shape index (κ3) is 9.03. The van der Waals surface area contributed by atoms with Crippen molar-refractivity contribution in [3.63, 3.8) is 0 Å². The van der Waals surface area contributed by atoms with Crippen LogP contribution in [0.3, 0.4) is 0 Å². The van der Waals surface area contributed by atoms with Crippen LogP contribution in [0.2, 0.25) is 0 Å². The molecule has 0 unspecified atom stereocenters. The van der Waals surface area contributed by atoms with Crippen LogP contribution in [0.4, 0.5) is 0 Å². The van der Waals surface area contributed by atoms with Gasteiger partial charge >= 0.3 is 0 Å². The van der Waals surface area contributed by atoms with Crippen LogP contribution in [0.5, 0.6) is 5.75 Å². The van der Waals surface area contributed by atoms with Crippen molar-refractivity contribution in [2.75, 3.05) is 26.7 Å². The molecule has 3 rings (SSSR count). The summed E-state index contributed by atoms with van der Waals surface area (Å²) in [5.74, 6) is 2.25. The Bertz CT molecular complexity index is 1190. The first-order valence-corrected chi connectivity index (χ1v) is 15.0. The fourth-order valence-corrected chi connectivity index (χ4v) is 5.24. The minimum atomic E-state index is -0.624. The second kappa shape index (κ2) is 15.0. The van der Waals surface area contributed by atoms with Crippen LogP contribution >= 0.6 is 0 Å². The lowest BCUT2D eigenvalue weighted by atomic mass is 10.0. The Kier molecular flexibility index (Phi) is 11.7. The Morgan fingerprint density at radius 2 is 1.93 bits per heavy atom. The zero-order chi connectivity index (χ0) is 30.1. The monoisotopic (exact) mass is 568 g/mol. The Labute approximate surface area is 244 Å². The van der Waals surface area contributed by atoms with Gasteiger partial charge in [0.05, 0.1) is 19.2 Å². The van der Waals surface area contributed by atoms with Crippen LogP contribution in [0.15, 0.2) is 18.2 Å². The Morgan fingerprint density at radius 1 is 1.17 bits per heavy atom. The van der Waals surface area contributed by atoms with Crippen LogP contribution in [0.1, 0.15) is 88.6 Å². The normalized spacial score (nSPS) is 19.1. The number of ether oxygens (including phenoxy) is 1. The number of rotatable bonds is 8. The molecule has 2 aromatic rings. The first-order chi connectivity index (χ1) is 19.5. The van der Waals surface area contributed by atoms with Gasteiger partial charge < -0.3 is 19.9 Å². The quantitative estimate of drug-likeness (QED) is 0.516. The first kappa shape index (κ1) is 32.1. The molecule has 0 fully saturated rings. The van der Waals surface area contributed by atoms with Crippen molar-refractivity contribution in [2.24, 2.45) is 5.92 Å². The van der Waals surface area contributed by atoms with E-state index in [1.54, 1.807) is 14.0 Å². The molecule has 0 radical (unpaired) electrons. The molecule has 1 aliphatic heterocycles. The highest BCUT2D eigenvalue weighted by molar-refractivity contribution is 5.87. The molecule has 1 N–H and O–H groups in total. The predicted molar refractivity (Wildman–Crippen MR) is 158 cm³/mol. The van der Waals surface area contributed by atoms with E-state index >= 15 is 0 Å². The number of carbonyl (C=O) groups is 3. The zero-order valence-corrected chi connectivity index (χ0v) is 25.9. The first-order valence-electron chi connectivity index (χ1n) is 15.0. The number of hydrogen-bond acceptors (Lipinski definition) is 6. The van der Waals surface area contributed by atoms with Crippen LogP contribution < -0.4 is 10.1 Å². The maximum atomic E-state index is 13.4. The molecule has 2 atom stereocenters. The van der Waals surface area contributed by atoms with E-state index in [4.69, 9.17) is 4.74 Å². The molecule has 1 aliphatic rings. The van der Waals surface area contributed by atoms with Crippen molar-refractivity contribution in [3.05, 3.63) is 41.0 Å². The van der Waals surface area contributed by atoms with Crippen molar-refractivity contribution >= 4 is 17.7 Å². The summed E-state index contributed by atoms with van der Waals surface area (Å²) in [4.78, 5) is 47.5. The van der Waals surface area contributed by atoms with Gasteiger partial charge in [-0.1, -0.05) is 26.0 Å². The lowest BCUT2D eigenvalue weighted by Crippen LogP contribution is -2.47. The van der Waals surface area contributed by atoms with E-state index in [-0.39, 0.29) is 30.2 Å². The van der Waals surface area contributed by atoms with Gasteiger partial charge in [0.25, 0.3) is 0 Å². The molecule has 0 saturated carbocycles. The summed E-state index contributed by atoms with van der Waals surface area (Å²) in [5.41, 5.74) is 2.28. The van der Waals surface area contributed by atoms with E-state index in [0.717, 1.165) is 24.2 Å². The van der Waals surface area contributed by atoms with Crippen LogP contribution in [0.25, 0.3) is 0 Å². The van der Waals surface area contributed by atoms with Gasteiger partial charge in [-0.3, -0.25) is 14.4 Å². The highest BCUT2D eigenvalue weighted by Gasteiger charge is 2.29. The molecule has 2 heterocycles. The summed E-state index contributed by atoms with van der Waals surface area (Å²) in [6.07, 6.45) is 3.44. The van der Waals surface area contributed by atoms with Crippen molar-refractivity contribution in [2.45, 2.75) is 98.7 Å². The molecule has 1 aromatic carbocycles. The Hall–Kier alpha value is -3.43. The minimum absolute atomic E-state index is 0.0688. The summed E-state index contributed by atoms with van der Waals surface area (Å²) >= 11 is 0. The molecule has 0 bridgehead atoms. The molecule has 10 nitrogen and oxygen atoms in total. The number of amides is 3. The standard InChI is InChI=1S/C31H48N6O4/c1-8-41-27-15-14-25(20-22(27)4)11-9-12-29(39)36-16-10-13-28(38)35(7)23(5)31(40)33-26(19-21(2)3)30-32-24(6)34-37(30)18-17-36/h14-15,20-21,23,26H,8-13,16-19H2,1-7H3,(H,33,40)/t23-,26+/m0/s1. The predicted octanol–water partition coefficient (Wildman–Crippen LogP) is 3.99. The fraction of sp³-hybridized carbons (Fsp3) is 0.645. The van der Waals surface area contributed by atoms with Crippen LogP contribution in [0, 0.1) is 19.8 Å². The topological polar surface area (TPSA) is 110 Å². The highest BCUT2D eigenvalue weighted by atomic mass is 16.5. The summed E-state index contributed by atoms with van der Waals surface area (Å²) in [5, 5.41) is 7.74. The van der Waals surface area contributed by atoms with Gasteiger partial charge in [-0.05, 0) is 76.5 Å². The van der Waals surface area contributed by atoms with Crippen LogP contribution in [-0.2, 0) is 27.3 Å². The van der Waals surface area contributed by atoms with Crippen molar-refractivity contribution in [1.29, 1.82) is 0 Å². The second-order valence-electron chi connectivity index (χ2n) is 11.5. The molecule has 10 heteroatoms. The average molecular weight is 569 g/mol. The summed E-state index contributed by atoms with van der Waals surface area (Å²) in [6, 6.07) is 5.22. The number of aromatic nitrogens is 3. The Morgan fingerprint density at radius 3 is 2.61 bits per heavy atom. The van der Waals surface area contributed by atoms with E-state index in [1.807, 2.05) is 36.4 Å². The largest absolute Gasteiger partial charge is 0.494 e. The SMILES string of the molecule is CCOc1ccc(CCCC(=O)N2CCCC(=O)N(C)[C@@H](C)C(=O)N[C@H](CC(C)C)c3nc(C)nn3CC2)cc1C. The number of carbonyl (C=O) groups excluding carboxylic acids is 3. The Balaban J connectivity index is 1.76. The van der Waals surface area contributed by atoms with Crippen molar-refractivity contribution < 1.29 is 19.1 Å². The fourth-order valence-electron chi connectivity index (χ4n) is 5.24. The molecule has 41 heavy (non-hydrogen) atoms.